The van der Waals surface area contributed by atoms with Crippen LogP contribution in [0.5, 0.6) is 11.5 Å². The molecule has 1 aliphatic heterocycles. The maximum atomic E-state index is 12.3. The first kappa shape index (κ1) is 33.2. The predicted molar refractivity (Wildman–Crippen MR) is 175 cm³/mol. The summed E-state index contributed by atoms with van der Waals surface area (Å²) in [6.07, 6.45) is 5.51. The number of hydrogen-bond donors (Lipinski definition) is 3. The second-order valence-electron chi connectivity index (χ2n) is 13.9. The third-order valence-electron chi connectivity index (χ3n) is 9.39. The Morgan fingerprint density at radius 2 is 1.73 bits per heavy atom. The number of nitrogens with zero attached hydrogens (tertiary/aromatic N) is 3. The van der Waals surface area contributed by atoms with E-state index >= 15 is 0 Å². The molecule has 4 rings (SSSR count). The van der Waals surface area contributed by atoms with Crippen molar-refractivity contribution in [2.24, 2.45) is 16.7 Å². The Balaban J connectivity index is 1.54. The molecule has 0 saturated heterocycles. The molecule has 1 aromatic heterocycles. The van der Waals surface area contributed by atoms with E-state index in [0.717, 1.165) is 35.0 Å². The van der Waals surface area contributed by atoms with Crippen LogP contribution in [0.4, 0.5) is 5.69 Å². The van der Waals surface area contributed by atoms with Gasteiger partial charge in [0.1, 0.15) is 0 Å². The molecule has 44 heavy (non-hydrogen) atoms. The number of likely N-dealkylation sites (N-methyl/N-ethyl adjacent to an activating group) is 1. The molecule has 2 aromatic carbocycles. The molecule has 9 heteroatoms. The molecule has 9 nitrogen and oxygen atoms in total. The molecule has 2 heterocycles. The average molecular weight is 605 g/mol. The summed E-state index contributed by atoms with van der Waals surface area (Å²) in [5, 5.41) is 23.9. The zero-order valence-electron chi connectivity index (χ0n) is 27.3. The minimum Gasteiger partial charge on any atom is -0.489 e. The Kier molecular flexibility index (Phi) is 9.90. The largest absolute Gasteiger partial charge is 0.489 e. The van der Waals surface area contributed by atoms with Crippen LogP contribution >= 0.6 is 0 Å². The highest BCUT2D eigenvalue weighted by Crippen LogP contribution is 2.39. The quantitative estimate of drug-likeness (QED) is 0.196. The van der Waals surface area contributed by atoms with Gasteiger partial charge in [-0.25, -0.2) is 4.98 Å². The highest BCUT2D eigenvalue weighted by molar-refractivity contribution is 5.86. The van der Waals surface area contributed by atoms with E-state index in [9.17, 15) is 15.0 Å². The number of fused-ring (bicyclic) bond motifs is 1. The number of anilines is 1. The lowest BCUT2D eigenvalue weighted by atomic mass is 9.78. The van der Waals surface area contributed by atoms with Gasteiger partial charge in [-0.2, -0.15) is 0 Å². The van der Waals surface area contributed by atoms with Crippen molar-refractivity contribution in [2.75, 3.05) is 38.7 Å². The molecule has 0 saturated carbocycles. The fourth-order valence-electron chi connectivity index (χ4n) is 4.67. The molecule has 1 aliphatic rings. The van der Waals surface area contributed by atoms with Crippen molar-refractivity contribution >= 4 is 28.6 Å². The maximum absolute atomic E-state index is 12.3. The van der Waals surface area contributed by atoms with Gasteiger partial charge in [0, 0.05) is 60.6 Å². The first-order valence-corrected chi connectivity index (χ1v) is 15.3. The summed E-state index contributed by atoms with van der Waals surface area (Å²) in [6.45, 7) is 14.6. The fourth-order valence-corrected chi connectivity index (χ4v) is 4.67. The van der Waals surface area contributed by atoms with Crippen LogP contribution in [0, 0.1) is 16.7 Å². The van der Waals surface area contributed by atoms with Gasteiger partial charge in [0.05, 0.1) is 41.7 Å². The van der Waals surface area contributed by atoms with Gasteiger partial charge in [-0.1, -0.05) is 46.8 Å². The number of carbonyl (C=O) groups is 1. The molecule has 2 atom stereocenters. The lowest BCUT2D eigenvalue weighted by Gasteiger charge is -2.37. The lowest BCUT2D eigenvalue weighted by Crippen LogP contribution is -2.43. The van der Waals surface area contributed by atoms with Crippen molar-refractivity contribution < 1.29 is 24.5 Å². The summed E-state index contributed by atoms with van der Waals surface area (Å²) in [6, 6.07) is 11.5. The number of ether oxygens (including phenoxy) is 2. The van der Waals surface area contributed by atoms with Gasteiger partial charge in [0.25, 0.3) is 0 Å². The number of hydrogen-bond acceptors (Lipinski definition) is 9. The highest BCUT2D eigenvalue weighted by atomic mass is 16.5. The van der Waals surface area contributed by atoms with Crippen molar-refractivity contribution in [3.8, 4) is 11.5 Å². The first-order valence-electron chi connectivity index (χ1n) is 15.3. The van der Waals surface area contributed by atoms with Crippen molar-refractivity contribution in [1.82, 2.24) is 14.9 Å². The van der Waals surface area contributed by atoms with Gasteiger partial charge >= 0.3 is 0 Å². The SMILES string of the molecule is CC(CO)C(C)(C)COc1cc(NCC2CC(c3cnc4ccccc4n3)=CN2C)c(C=O)cc1OCC(C)(C)C(C)(C)O. The molecule has 0 amide bonds. The number of aliphatic hydroxyl groups is 2. The van der Waals surface area contributed by atoms with E-state index in [4.69, 9.17) is 14.5 Å². The number of aromatic nitrogens is 2. The van der Waals surface area contributed by atoms with Crippen LogP contribution in [0.15, 0.2) is 48.8 Å². The van der Waals surface area contributed by atoms with E-state index < -0.39 is 11.0 Å². The minimum absolute atomic E-state index is 0.0136. The third-order valence-corrected chi connectivity index (χ3v) is 9.39. The molecule has 3 aromatic rings. The van der Waals surface area contributed by atoms with E-state index in [0.29, 0.717) is 35.9 Å². The normalized spacial score (nSPS) is 16.5. The van der Waals surface area contributed by atoms with Gasteiger partial charge in [0.15, 0.2) is 17.8 Å². The van der Waals surface area contributed by atoms with Crippen LogP contribution in [0.25, 0.3) is 16.6 Å². The number of aldehydes is 1. The first-order chi connectivity index (χ1) is 20.6. The van der Waals surface area contributed by atoms with Crippen LogP contribution in [-0.2, 0) is 0 Å². The summed E-state index contributed by atoms with van der Waals surface area (Å²) in [7, 11) is 2.04. The van der Waals surface area contributed by atoms with Crippen LogP contribution in [0.3, 0.4) is 0 Å². The van der Waals surface area contributed by atoms with Gasteiger partial charge in [-0.3, -0.25) is 9.78 Å². The van der Waals surface area contributed by atoms with Crippen molar-refractivity contribution in [1.29, 1.82) is 0 Å². The summed E-state index contributed by atoms with van der Waals surface area (Å²) in [5.41, 5.74) is 2.92. The van der Waals surface area contributed by atoms with E-state index in [1.54, 1.807) is 19.9 Å². The monoisotopic (exact) mass is 604 g/mol. The minimum atomic E-state index is -0.986. The molecule has 238 valence electrons. The number of nitrogens with one attached hydrogen (secondary N) is 1. The summed E-state index contributed by atoms with van der Waals surface area (Å²) in [5.74, 6) is 0.937. The van der Waals surface area contributed by atoms with Crippen LogP contribution in [-0.4, -0.2) is 76.4 Å². The number of rotatable bonds is 14. The Morgan fingerprint density at radius 3 is 2.39 bits per heavy atom. The van der Waals surface area contributed by atoms with Crippen molar-refractivity contribution in [2.45, 2.75) is 66.5 Å². The van der Waals surface area contributed by atoms with Crippen LogP contribution < -0.4 is 14.8 Å². The summed E-state index contributed by atoms with van der Waals surface area (Å²) < 4.78 is 12.5. The maximum Gasteiger partial charge on any atom is 0.163 e. The Bertz CT molecular complexity index is 1490. The van der Waals surface area contributed by atoms with Crippen LogP contribution in [0.1, 0.15) is 70.9 Å². The van der Waals surface area contributed by atoms with Gasteiger partial charge < -0.3 is 29.9 Å². The van der Waals surface area contributed by atoms with E-state index in [1.165, 1.54) is 0 Å². The zero-order valence-corrected chi connectivity index (χ0v) is 27.3. The number of benzene rings is 2. The second-order valence-corrected chi connectivity index (χ2v) is 13.9. The number of carbonyl (C=O) groups excluding carboxylic acids is 1. The van der Waals surface area contributed by atoms with E-state index in [1.807, 2.05) is 78.2 Å². The molecule has 0 radical (unpaired) electrons. The van der Waals surface area contributed by atoms with Gasteiger partial charge in [0.2, 0.25) is 0 Å². The lowest BCUT2D eigenvalue weighted by molar-refractivity contribution is -0.0575. The number of aliphatic hydroxyl groups excluding tert-OH is 1. The standard InChI is InChI=1S/C35H48N4O5/c1-23(19-40)33(2,3)21-43-32-15-29(25(20-41)14-31(32)44-22-34(4,5)35(6,7)42)36-16-26-13-24(18-39(26)8)30-17-37-27-11-9-10-12-28(27)38-30/h9-12,14-15,17-18,20,23,26,36,40,42H,13,16,19,21-22H2,1-8H3. The predicted octanol–water partition coefficient (Wildman–Crippen LogP) is 5.81. The Labute approximate surface area is 261 Å². The second kappa shape index (κ2) is 13.1. The fraction of sp³-hybridized carbons (Fsp3) is 0.514. The third kappa shape index (κ3) is 7.50. The molecular weight excluding hydrogens is 556 g/mol. The molecule has 0 bridgehead atoms. The van der Waals surface area contributed by atoms with E-state index in [2.05, 4.69) is 21.4 Å². The highest BCUT2D eigenvalue weighted by Gasteiger charge is 2.36. The average Bonchev–Trinajstić information content (AvgIpc) is 3.36. The number of para-hydroxylation sites is 2. The molecule has 0 spiro atoms. The Hall–Kier alpha value is -3.69. The van der Waals surface area contributed by atoms with Gasteiger partial charge in [-0.15, -0.1) is 0 Å². The van der Waals surface area contributed by atoms with Crippen LogP contribution in [0.2, 0.25) is 0 Å². The topological polar surface area (TPSA) is 117 Å². The molecular formula is C35H48N4O5. The van der Waals surface area contributed by atoms with Gasteiger partial charge in [-0.05, 0) is 50.0 Å². The summed E-state index contributed by atoms with van der Waals surface area (Å²) >= 11 is 0. The smallest absolute Gasteiger partial charge is 0.163 e. The van der Waals surface area contributed by atoms with E-state index in [-0.39, 0.29) is 30.6 Å². The Morgan fingerprint density at radius 1 is 1.07 bits per heavy atom. The molecule has 0 fully saturated rings. The summed E-state index contributed by atoms with van der Waals surface area (Å²) in [4.78, 5) is 23.8. The molecule has 2 unspecified atom stereocenters. The zero-order chi connectivity index (χ0) is 32.3. The van der Waals surface area contributed by atoms with Crippen molar-refractivity contribution in [3.63, 3.8) is 0 Å². The molecule has 3 N–H and O–H groups in total. The molecule has 0 aliphatic carbocycles. The van der Waals surface area contributed by atoms with Crippen molar-refractivity contribution in [3.05, 3.63) is 60.1 Å².